The smallest absolute Gasteiger partial charge is 0.274 e. The van der Waals surface area contributed by atoms with Crippen molar-refractivity contribution in [3.8, 4) is 17.2 Å². The molecule has 178 valence electrons. The predicted molar refractivity (Wildman–Crippen MR) is 131 cm³/mol. The molecule has 3 heterocycles. The Kier molecular flexibility index (Phi) is 5.82. The van der Waals surface area contributed by atoms with E-state index in [4.69, 9.17) is 10.5 Å². The van der Waals surface area contributed by atoms with Gasteiger partial charge >= 0.3 is 0 Å². The van der Waals surface area contributed by atoms with Crippen molar-refractivity contribution < 1.29 is 13.9 Å². The van der Waals surface area contributed by atoms with Gasteiger partial charge in [0.15, 0.2) is 5.82 Å². The van der Waals surface area contributed by atoms with Crippen molar-refractivity contribution in [3.63, 3.8) is 0 Å². The molecule has 0 spiro atoms. The van der Waals surface area contributed by atoms with Crippen LogP contribution < -0.4 is 16.0 Å². The molecule has 1 fully saturated rings. The largest absolute Gasteiger partial charge is 0.457 e. The highest BCUT2D eigenvalue weighted by molar-refractivity contribution is 5.92. The summed E-state index contributed by atoms with van der Waals surface area (Å²) in [7, 11) is 0. The van der Waals surface area contributed by atoms with Crippen molar-refractivity contribution in [3.05, 3.63) is 89.1 Å². The van der Waals surface area contributed by atoms with Gasteiger partial charge in [0.25, 0.3) is 5.56 Å². The zero-order chi connectivity index (χ0) is 24.5. The molecule has 0 aliphatic carbocycles. The monoisotopic (exact) mass is 473 g/mol. The van der Waals surface area contributed by atoms with Crippen LogP contribution in [0.15, 0.2) is 72.2 Å². The molecule has 1 amide bonds. The molecule has 1 saturated heterocycles. The number of hydrogen-bond acceptors (Lipinski definition) is 5. The van der Waals surface area contributed by atoms with Crippen molar-refractivity contribution in [1.82, 2.24) is 19.7 Å². The van der Waals surface area contributed by atoms with Crippen molar-refractivity contribution in [2.24, 2.45) is 0 Å². The summed E-state index contributed by atoms with van der Waals surface area (Å²) in [6, 6.07) is 13.0. The molecule has 4 aromatic rings. The molecule has 5 rings (SSSR count). The fourth-order valence-electron chi connectivity index (χ4n) is 4.62. The van der Waals surface area contributed by atoms with Gasteiger partial charge in [-0.1, -0.05) is 6.58 Å². The summed E-state index contributed by atoms with van der Waals surface area (Å²) in [5.74, 6) is 0.813. The predicted octanol–water partition coefficient (Wildman–Crippen LogP) is 4.12. The number of nitrogens with one attached hydrogen (secondary N) is 1. The van der Waals surface area contributed by atoms with Gasteiger partial charge in [-0.3, -0.25) is 9.59 Å². The quantitative estimate of drug-likeness (QED) is 0.424. The van der Waals surface area contributed by atoms with Crippen LogP contribution in [-0.4, -0.2) is 38.7 Å². The Morgan fingerprint density at radius 2 is 1.86 bits per heavy atom. The number of hydrogen-bond donors (Lipinski definition) is 2. The van der Waals surface area contributed by atoms with E-state index < -0.39 is 0 Å². The first kappa shape index (κ1) is 22.4. The van der Waals surface area contributed by atoms with Gasteiger partial charge < -0.3 is 19.9 Å². The molecule has 3 N–H and O–H groups in total. The maximum atomic E-state index is 13.1. The van der Waals surface area contributed by atoms with Gasteiger partial charge in [-0.05, 0) is 73.0 Å². The van der Waals surface area contributed by atoms with E-state index in [-0.39, 0.29) is 29.0 Å². The Balaban J connectivity index is 1.53. The average Bonchev–Trinajstić information content (AvgIpc) is 3.30. The van der Waals surface area contributed by atoms with Crippen molar-refractivity contribution in [2.45, 2.75) is 18.8 Å². The van der Waals surface area contributed by atoms with Crippen LogP contribution in [0.2, 0.25) is 0 Å². The van der Waals surface area contributed by atoms with Crippen LogP contribution in [0.1, 0.15) is 24.3 Å². The number of anilines is 1. The van der Waals surface area contributed by atoms with Crippen LogP contribution in [0.4, 0.5) is 10.2 Å². The van der Waals surface area contributed by atoms with E-state index in [2.05, 4.69) is 16.8 Å². The van der Waals surface area contributed by atoms with Gasteiger partial charge in [0, 0.05) is 30.9 Å². The summed E-state index contributed by atoms with van der Waals surface area (Å²) in [4.78, 5) is 26.8. The lowest BCUT2D eigenvalue weighted by Gasteiger charge is -2.32. The molecule has 0 bridgehead atoms. The number of aromatic nitrogens is 3. The summed E-state index contributed by atoms with van der Waals surface area (Å²) < 4.78 is 20.8. The minimum absolute atomic E-state index is 0.0274. The van der Waals surface area contributed by atoms with E-state index in [1.165, 1.54) is 18.2 Å². The maximum Gasteiger partial charge on any atom is 0.274 e. The highest BCUT2D eigenvalue weighted by Crippen LogP contribution is 2.35. The number of nitrogens with zero attached hydrogens (tertiary/aromatic N) is 3. The van der Waals surface area contributed by atoms with E-state index in [0.29, 0.717) is 35.5 Å². The van der Waals surface area contributed by atoms with Crippen LogP contribution in [0.5, 0.6) is 11.5 Å². The molecular weight excluding hydrogens is 449 g/mol. The Labute approximate surface area is 200 Å². The van der Waals surface area contributed by atoms with Crippen LogP contribution in [0.3, 0.4) is 0 Å². The van der Waals surface area contributed by atoms with Crippen LogP contribution in [0, 0.1) is 5.82 Å². The van der Waals surface area contributed by atoms with Crippen molar-refractivity contribution in [1.29, 1.82) is 0 Å². The molecule has 1 atom stereocenters. The number of nitrogens with two attached hydrogens (primary N) is 1. The summed E-state index contributed by atoms with van der Waals surface area (Å²) in [6.45, 7) is 4.75. The van der Waals surface area contributed by atoms with Crippen LogP contribution >= 0.6 is 0 Å². The zero-order valence-electron chi connectivity index (χ0n) is 18.9. The van der Waals surface area contributed by atoms with Crippen molar-refractivity contribution in [2.75, 3.05) is 18.8 Å². The molecular formula is C26H24FN5O3. The van der Waals surface area contributed by atoms with E-state index >= 15 is 0 Å². The molecule has 35 heavy (non-hydrogen) atoms. The van der Waals surface area contributed by atoms with E-state index in [1.807, 2.05) is 22.9 Å². The highest BCUT2D eigenvalue weighted by atomic mass is 19.1. The lowest BCUT2D eigenvalue weighted by atomic mass is 9.90. The average molecular weight is 474 g/mol. The molecule has 8 nitrogen and oxygen atoms in total. The normalized spacial score (nSPS) is 15.8. The summed E-state index contributed by atoms with van der Waals surface area (Å²) in [6.07, 6.45) is 4.88. The Morgan fingerprint density at radius 3 is 2.54 bits per heavy atom. The fraction of sp³-hybridized carbons (Fsp3) is 0.192. The highest BCUT2D eigenvalue weighted by Gasteiger charge is 2.28. The first-order valence-electron chi connectivity index (χ1n) is 11.3. The van der Waals surface area contributed by atoms with Gasteiger partial charge in [-0.2, -0.15) is 5.10 Å². The number of nitrogen functional groups attached to an aromatic ring is 1. The number of piperidine rings is 1. The number of rotatable bonds is 5. The van der Waals surface area contributed by atoms with Gasteiger partial charge in [0.2, 0.25) is 5.91 Å². The number of carbonyl (C=O) groups is 1. The maximum absolute atomic E-state index is 13.1. The molecule has 0 saturated carbocycles. The molecule has 1 aliphatic heterocycles. The molecule has 2 aromatic heterocycles. The SMILES string of the molecule is C=CC(=O)N1CCCC(c2cn(-c3ccc(Oc4ccc(F)cc4)cc3)c3c(N)n[nH]c(=O)c23)C1. The summed E-state index contributed by atoms with van der Waals surface area (Å²) in [5, 5.41) is 6.93. The fourth-order valence-corrected chi connectivity index (χ4v) is 4.62. The lowest BCUT2D eigenvalue weighted by molar-refractivity contribution is -0.127. The second-order valence-electron chi connectivity index (χ2n) is 8.49. The number of ether oxygens (including phenoxy) is 1. The third-order valence-corrected chi connectivity index (χ3v) is 6.29. The standard InChI is InChI=1S/C26H24FN5O3/c1-2-22(33)31-13-3-4-16(14-31)21-15-32(24-23(21)26(34)30-29-25(24)28)18-7-11-20(12-8-18)35-19-9-5-17(27)6-10-19/h2,5-12,15-16H,1,3-4,13-14H2,(H2,28,29)(H,30,34). The van der Waals surface area contributed by atoms with Gasteiger partial charge in [-0.25, -0.2) is 9.49 Å². The lowest BCUT2D eigenvalue weighted by Crippen LogP contribution is -2.38. The number of H-pyrrole nitrogens is 1. The molecule has 2 aromatic carbocycles. The minimum atomic E-state index is -0.334. The number of likely N-dealkylation sites (tertiary alicyclic amines) is 1. The summed E-state index contributed by atoms with van der Waals surface area (Å²) >= 11 is 0. The number of aromatic amines is 1. The Hall–Kier alpha value is -4.40. The second-order valence-corrected chi connectivity index (χ2v) is 8.49. The Morgan fingerprint density at radius 1 is 1.17 bits per heavy atom. The molecule has 1 unspecified atom stereocenters. The minimum Gasteiger partial charge on any atom is -0.457 e. The van der Waals surface area contributed by atoms with E-state index in [0.717, 1.165) is 24.1 Å². The number of fused-ring (bicyclic) bond motifs is 1. The van der Waals surface area contributed by atoms with Crippen molar-refractivity contribution >= 4 is 22.6 Å². The van der Waals surface area contributed by atoms with Gasteiger partial charge in [0.05, 0.1) is 5.39 Å². The number of halogens is 1. The number of amides is 1. The van der Waals surface area contributed by atoms with Gasteiger partial charge in [-0.15, -0.1) is 0 Å². The number of carbonyl (C=O) groups excluding carboxylic acids is 1. The molecule has 9 heteroatoms. The van der Waals surface area contributed by atoms with E-state index in [9.17, 15) is 14.0 Å². The third kappa shape index (κ3) is 4.28. The first-order valence-corrected chi connectivity index (χ1v) is 11.3. The molecule has 1 aliphatic rings. The number of benzene rings is 2. The van der Waals surface area contributed by atoms with E-state index in [1.54, 1.807) is 29.2 Å². The molecule has 0 radical (unpaired) electrons. The Bertz CT molecular complexity index is 1460. The topological polar surface area (TPSA) is 106 Å². The van der Waals surface area contributed by atoms with Gasteiger partial charge in [0.1, 0.15) is 22.8 Å². The second kappa shape index (κ2) is 9.09. The summed E-state index contributed by atoms with van der Waals surface area (Å²) in [5.41, 5.74) is 7.99. The zero-order valence-corrected chi connectivity index (χ0v) is 18.9. The third-order valence-electron chi connectivity index (χ3n) is 6.29. The van der Waals surface area contributed by atoms with Crippen LogP contribution in [0.25, 0.3) is 16.6 Å². The first-order chi connectivity index (χ1) is 16.9. The van der Waals surface area contributed by atoms with Crippen LogP contribution in [-0.2, 0) is 4.79 Å².